The lowest BCUT2D eigenvalue weighted by Gasteiger charge is -2.07. The maximum Gasteiger partial charge on any atom is 0.419 e. The molecule has 1 aromatic carbocycles. The molecule has 3 aromatic rings. The first kappa shape index (κ1) is 18.0. The van der Waals surface area contributed by atoms with Gasteiger partial charge in [-0.25, -0.2) is 9.48 Å². The van der Waals surface area contributed by atoms with E-state index in [0.29, 0.717) is 11.9 Å². The molecule has 0 bridgehead atoms. The molecule has 0 aliphatic carbocycles. The van der Waals surface area contributed by atoms with Crippen LogP contribution in [0.25, 0.3) is 5.69 Å². The summed E-state index contributed by atoms with van der Waals surface area (Å²) in [6, 6.07) is 5.50. The Morgan fingerprint density at radius 3 is 2.37 bits per heavy atom. The summed E-state index contributed by atoms with van der Waals surface area (Å²) in [5, 5.41) is 15.5. The minimum absolute atomic E-state index is 0.192. The summed E-state index contributed by atoms with van der Waals surface area (Å²) in [7, 11) is 0. The van der Waals surface area contributed by atoms with Gasteiger partial charge in [-0.05, 0) is 24.3 Å². The van der Waals surface area contributed by atoms with Gasteiger partial charge in [-0.1, -0.05) is 0 Å². The second kappa shape index (κ2) is 6.48. The van der Waals surface area contributed by atoms with E-state index in [1.165, 1.54) is 24.3 Å². The highest BCUT2D eigenvalue weighted by Crippen LogP contribution is 2.29. The molecule has 12 heteroatoms. The van der Waals surface area contributed by atoms with Gasteiger partial charge in [-0.2, -0.15) is 18.3 Å². The summed E-state index contributed by atoms with van der Waals surface area (Å²) in [5.41, 5.74) is -3.17. The van der Waals surface area contributed by atoms with Gasteiger partial charge in [0.05, 0.1) is 17.4 Å². The van der Waals surface area contributed by atoms with Crippen LogP contribution < -0.4 is 16.6 Å². The number of carbonyl (C=O) groups excluding carboxylic acids is 1. The fraction of sp³-hybridized carbons (Fsp3) is 0.0667. The van der Waals surface area contributed by atoms with E-state index < -0.39 is 40.3 Å². The van der Waals surface area contributed by atoms with Crippen molar-refractivity contribution in [2.75, 3.05) is 5.32 Å². The Morgan fingerprint density at radius 2 is 1.81 bits per heavy atom. The SMILES string of the molecule is O=C(Nc1ccc(-n2cc(C(F)(F)F)cn2)cc1)c1c(O)[nH]c(=O)[nH]c1=O. The molecule has 0 unspecified atom stereocenters. The minimum Gasteiger partial charge on any atom is -0.494 e. The zero-order valence-corrected chi connectivity index (χ0v) is 13.2. The van der Waals surface area contributed by atoms with Crippen molar-refractivity contribution in [3.05, 3.63) is 68.6 Å². The highest BCUT2D eigenvalue weighted by atomic mass is 19.4. The number of benzene rings is 1. The van der Waals surface area contributed by atoms with E-state index in [9.17, 15) is 32.7 Å². The molecule has 0 saturated carbocycles. The highest BCUT2D eigenvalue weighted by Gasteiger charge is 2.32. The zero-order valence-electron chi connectivity index (χ0n) is 13.2. The molecule has 0 saturated heterocycles. The van der Waals surface area contributed by atoms with Crippen LogP contribution in [0.3, 0.4) is 0 Å². The Hall–Kier alpha value is -3.83. The van der Waals surface area contributed by atoms with Crippen molar-refractivity contribution < 1.29 is 23.1 Å². The van der Waals surface area contributed by atoms with Crippen LogP contribution in [0.1, 0.15) is 15.9 Å². The van der Waals surface area contributed by atoms with Crippen molar-refractivity contribution in [3.63, 3.8) is 0 Å². The van der Waals surface area contributed by atoms with Gasteiger partial charge in [0.15, 0.2) is 5.56 Å². The summed E-state index contributed by atoms with van der Waals surface area (Å²) in [5.74, 6) is -1.88. The fourth-order valence-corrected chi connectivity index (χ4v) is 2.19. The topological polar surface area (TPSA) is 133 Å². The normalized spacial score (nSPS) is 11.4. The fourth-order valence-electron chi connectivity index (χ4n) is 2.19. The third-order valence-corrected chi connectivity index (χ3v) is 3.45. The molecular weight excluding hydrogens is 371 g/mol. The van der Waals surface area contributed by atoms with Crippen molar-refractivity contribution in [1.29, 1.82) is 0 Å². The summed E-state index contributed by atoms with van der Waals surface area (Å²) < 4.78 is 38.8. The standard InChI is InChI=1S/C15H10F3N5O4/c16-15(17,18)7-5-19-23(6-7)9-3-1-8(2-4-9)20-11(24)10-12(25)21-14(27)22-13(10)26/h1-6H,(H,20,24)(H3,21,22,25,26,27). The number of nitrogens with zero attached hydrogens (tertiary/aromatic N) is 2. The second-order valence-electron chi connectivity index (χ2n) is 5.30. The summed E-state index contributed by atoms with van der Waals surface area (Å²) >= 11 is 0. The molecule has 2 aromatic heterocycles. The van der Waals surface area contributed by atoms with E-state index in [4.69, 9.17) is 0 Å². The predicted molar refractivity (Wildman–Crippen MR) is 85.9 cm³/mol. The number of amides is 1. The zero-order chi connectivity index (χ0) is 19.8. The molecular formula is C15H10F3N5O4. The number of hydrogen-bond acceptors (Lipinski definition) is 5. The number of carbonyl (C=O) groups is 1. The third kappa shape index (κ3) is 3.73. The van der Waals surface area contributed by atoms with Crippen LogP contribution >= 0.6 is 0 Å². The first-order valence-corrected chi connectivity index (χ1v) is 7.24. The van der Waals surface area contributed by atoms with Crippen LogP contribution in [0.4, 0.5) is 18.9 Å². The molecule has 0 atom stereocenters. The van der Waals surface area contributed by atoms with Crippen LogP contribution in [0.15, 0.2) is 46.2 Å². The number of alkyl halides is 3. The number of H-pyrrole nitrogens is 2. The average Bonchev–Trinajstić information content (AvgIpc) is 3.04. The number of anilines is 1. The number of aromatic hydroxyl groups is 1. The molecule has 0 fully saturated rings. The Kier molecular flexibility index (Phi) is 4.31. The van der Waals surface area contributed by atoms with E-state index in [-0.39, 0.29) is 5.69 Å². The van der Waals surface area contributed by atoms with Gasteiger partial charge < -0.3 is 10.4 Å². The summed E-state index contributed by atoms with van der Waals surface area (Å²) in [4.78, 5) is 38.4. The van der Waals surface area contributed by atoms with Crippen molar-refractivity contribution >= 4 is 11.6 Å². The molecule has 27 heavy (non-hydrogen) atoms. The average molecular weight is 381 g/mol. The molecule has 2 heterocycles. The molecule has 0 aliphatic heterocycles. The Labute approximate surface area is 147 Å². The molecule has 140 valence electrons. The van der Waals surface area contributed by atoms with Crippen molar-refractivity contribution in [3.8, 4) is 11.6 Å². The molecule has 1 amide bonds. The van der Waals surface area contributed by atoms with Gasteiger partial charge in [0.1, 0.15) is 0 Å². The van der Waals surface area contributed by atoms with Crippen LogP contribution in [0.5, 0.6) is 5.88 Å². The quantitative estimate of drug-likeness (QED) is 0.542. The Balaban J connectivity index is 1.80. The van der Waals surface area contributed by atoms with Gasteiger partial charge >= 0.3 is 11.9 Å². The summed E-state index contributed by atoms with van der Waals surface area (Å²) in [6.07, 6.45) is -3.02. The molecule has 0 radical (unpaired) electrons. The highest BCUT2D eigenvalue weighted by molar-refractivity contribution is 6.05. The maximum atomic E-state index is 12.6. The number of rotatable bonds is 3. The largest absolute Gasteiger partial charge is 0.494 e. The molecule has 3 rings (SSSR count). The predicted octanol–water partition coefficient (Wildman–Crippen LogP) is 1.23. The Morgan fingerprint density at radius 1 is 1.15 bits per heavy atom. The number of aromatic amines is 2. The van der Waals surface area contributed by atoms with Crippen LogP contribution in [0, 0.1) is 0 Å². The van der Waals surface area contributed by atoms with Crippen molar-refractivity contribution in [1.82, 2.24) is 19.7 Å². The third-order valence-electron chi connectivity index (χ3n) is 3.45. The van der Waals surface area contributed by atoms with Crippen LogP contribution in [0.2, 0.25) is 0 Å². The molecule has 0 aliphatic rings. The van der Waals surface area contributed by atoms with Crippen molar-refractivity contribution in [2.45, 2.75) is 6.18 Å². The van der Waals surface area contributed by atoms with Crippen LogP contribution in [-0.2, 0) is 6.18 Å². The smallest absolute Gasteiger partial charge is 0.419 e. The lowest BCUT2D eigenvalue weighted by Crippen LogP contribution is -2.30. The van der Waals surface area contributed by atoms with E-state index in [1.54, 1.807) is 4.98 Å². The number of nitrogens with one attached hydrogen (secondary N) is 3. The monoisotopic (exact) mass is 381 g/mol. The van der Waals surface area contributed by atoms with Gasteiger partial charge in [-0.3, -0.25) is 19.6 Å². The molecule has 9 nitrogen and oxygen atoms in total. The van der Waals surface area contributed by atoms with Crippen LogP contribution in [-0.4, -0.2) is 30.8 Å². The maximum absolute atomic E-state index is 12.6. The van der Waals surface area contributed by atoms with Gasteiger partial charge in [0, 0.05) is 11.9 Å². The van der Waals surface area contributed by atoms with E-state index in [2.05, 4.69) is 10.4 Å². The Bertz CT molecular complexity index is 1110. The van der Waals surface area contributed by atoms with Gasteiger partial charge in [0.2, 0.25) is 5.88 Å². The van der Waals surface area contributed by atoms with Gasteiger partial charge in [-0.15, -0.1) is 0 Å². The molecule has 4 N–H and O–H groups in total. The van der Waals surface area contributed by atoms with E-state index >= 15 is 0 Å². The first-order chi connectivity index (χ1) is 12.6. The minimum atomic E-state index is -4.52. The molecule has 0 spiro atoms. The number of aromatic nitrogens is 4. The van der Waals surface area contributed by atoms with Crippen molar-refractivity contribution in [2.24, 2.45) is 0 Å². The van der Waals surface area contributed by atoms with E-state index in [1.807, 2.05) is 4.98 Å². The first-order valence-electron chi connectivity index (χ1n) is 7.24. The lowest BCUT2D eigenvalue weighted by atomic mass is 10.2. The number of hydrogen-bond donors (Lipinski definition) is 4. The lowest BCUT2D eigenvalue weighted by molar-refractivity contribution is -0.137. The van der Waals surface area contributed by atoms with E-state index in [0.717, 1.165) is 10.9 Å². The number of halogens is 3. The van der Waals surface area contributed by atoms with Gasteiger partial charge in [0.25, 0.3) is 11.5 Å². The summed E-state index contributed by atoms with van der Waals surface area (Å²) in [6.45, 7) is 0. The second-order valence-corrected chi connectivity index (χ2v) is 5.30.